The molecule has 6 nitrogen and oxygen atoms in total. The predicted molar refractivity (Wildman–Crippen MR) is 124 cm³/mol. The first kappa shape index (κ1) is 18.9. The molecule has 1 aliphatic rings. The number of benzene rings is 2. The highest BCUT2D eigenvalue weighted by Gasteiger charge is 2.32. The average Bonchev–Trinajstić information content (AvgIpc) is 3.36. The van der Waals surface area contributed by atoms with Gasteiger partial charge in [0.25, 0.3) is 5.91 Å². The molecule has 0 atom stereocenters. The molecule has 0 radical (unpaired) electrons. The first-order valence-corrected chi connectivity index (χ1v) is 10.1. The summed E-state index contributed by atoms with van der Waals surface area (Å²) in [7, 11) is 0. The van der Waals surface area contributed by atoms with E-state index in [-0.39, 0.29) is 5.91 Å². The number of para-hydroxylation sites is 2. The van der Waals surface area contributed by atoms with Crippen molar-refractivity contribution in [1.82, 2.24) is 20.1 Å². The van der Waals surface area contributed by atoms with Crippen LogP contribution in [0, 0.1) is 0 Å². The molecule has 5 rings (SSSR count). The van der Waals surface area contributed by atoms with E-state index in [0.717, 1.165) is 28.2 Å². The van der Waals surface area contributed by atoms with E-state index >= 15 is 0 Å². The predicted octanol–water partition coefficient (Wildman–Crippen LogP) is 4.20. The second kappa shape index (κ2) is 7.97. The molecule has 7 heteroatoms. The maximum Gasteiger partial charge on any atom is 0.281 e. The van der Waals surface area contributed by atoms with Crippen LogP contribution in [0.1, 0.15) is 5.56 Å². The molecule has 2 aromatic carbocycles. The lowest BCUT2D eigenvalue weighted by Crippen LogP contribution is -2.30. The molecule has 1 amide bonds. The summed E-state index contributed by atoms with van der Waals surface area (Å²) in [5, 5.41) is 8.15. The highest BCUT2D eigenvalue weighted by Crippen LogP contribution is 2.27. The molecule has 0 spiro atoms. The number of nitrogens with one attached hydrogen (secondary N) is 1. The normalized spacial score (nSPS) is 14.8. The lowest BCUT2D eigenvalue weighted by atomic mass is 10.1. The van der Waals surface area contributed by atoms with Crippen molar-refractivity contribution < 1.29 is 4.79 Å². The van der Waals surface area contributed by atoms with E-state index in [0.29, 0.717) is 10.8 Å². The number of hydrogen-bond acceptors (Lipinski definition) is 4. The fourth-order valence-corrected chi connectivity index (χ4v) is 3.73. The van der Waals surface area contributed by atoms with Crippen molar-refractivity contribution in [3.8, 4) is 16.9 Å². The third-order valence-corrected chi connectivity index (χ3v) is 5.18. The number of nitrogens with zero attached hydrogens (tertiary/aromatic N) is 4. The van der Waals surface area contributed by atoms with Crippen LogP contribution in [0.15, 0.2) is 97.1 Å². The van der Waals surface area contributed by atoms with Gasteiger partial charge in [0.05, 0.1) is 11.4 Å². The van der Waals surface area contributed by atoms with Crippen LogP contribution in [-0.2, 0) is 4.79 Å². The van der Waals surface area contributed by atoms with Crippen LogP contribution in [0.3, 0.4) is 0 Å². The highest BCUT2D eigenvalue weighted by molar-refractivity contribution is 7.80. The summed E-state index contributed by atoms with van der Waals surface area (Å²) >= 11 is 5.42. The van der Waals surface area contributed by atoms with Gasteiger partial charge < -0.3 is 5.32 Å². The van der Waals surface area contributed by atoms with Crippen molar-refractivity contribution in [3.63, 3.8) is 0 Å². The summed E-state index contributed by atoms with van der Waals surface area (Å²) in [5.41, 5.74) is 4.41. The number of carbonyl (C=O) groups is 1. The number of amides is 1. The van der Waals surface area contributed by atoms with Gasteiger partial charge in [0.1, 0.15) is 11.4 Å². The minimum atomic E-state index is -0.208. The second-order valence-electron chi connectivity index (χ2n) is 6.92. The van der Waals surface area contributed by atoms with Gasteiger partial charge in [0.2, 0.25) is 0 Å². The molecule has 1 N–H and O–H groups in total. The topological polar surface area (TPSA) is 63.1 Å². The number of thiocarbonyl (C=S) groups is 1. The average molecular weight is 424 g/mol. The number of anilines is 1. The Morgan fingerprint density at radius 2 is 1.61 bits per heavy atom. The van der Waals surface area contributed by atoms with Crippen molar-refractivity contribution in [2.75, 3.05) is 4.90 Å². The Bertz CT molecular complexity index is 1280. The maximum absolute atomic E-state index is 13.1. The van der Waals surface area contributed by atoms with Crippen molar-refractivity contribution >= 4 is 35.0 Å². The molecule has 1 fully saturated rings. The fourth-order valence-electron chi connectivity index (χ4n) is 3.44. The molecule has 1 aliphatic heterocycles. The van der Waals surface area contributed by atoms with Crippen LogP contribution < -0.4 is 10.2 Å². The Hall–Kier alpha value is -4.10. The van der Waals surface area contributed by atoms with Gasteiger partial charge in [-0.1, -0.05) is 36.4 Å². The van der Waals surface area contributed by atoms with E-state index < -0.39 is 0 Å². The molecule has 1 saturated heterocycles. The Labute approximate surface area is 184 Å². The zero-order valence-electron chi connectivity index (χ0n) is 16.3. The van der Waals surface area contributed by atoms with Gasteiger partial charge in [-0.2, -0.15) is 5.10 Å². The molecule has 0 aliphatic carbocycles. The molecule has 0 unspecified atom stereocenters. The first-order valence-electron chi connectivity index (χ1n) is 9.68. The van der Waals surface area contributed by atoms with Crippen molar-refractivity contribution in [3.05, 3.63) is 103 Å². The molecule has 2 aromatic heterocycles. The molecule has 4 aromatic rings. The summed E-state index contributed by atoms with van der Waals surface area (Å²) in [5.74, 6) is -0.208. The summed E-state index contributed by atoms with van der Waals surface area (Å²) in [6.07, 6.45) is 7.15. The minimum absolute atomic E-state index is 0.208. The van der Waals surface area contributed by atoms with Crippen molar-refractivity contribution in [2.45, 2.75) is 0 Å². The van der Waals surface area contributed by atoms with E-state index in [1.807, 2.05) is 79.0 Å². The maximum atomic E-state index is 13.1. The van der Waals surface area contributed by atoms with Crippen LogP contribution in [0.2, 0.25) is 0 Å². The largest absolute Gasteiger partial charge is 0.327 e. The molecular weight excluding hydrogens is 406 g/mol. The number of carbonyl (C=O) groups excluding carboxylic acids is 1. The summed E-state index contributed by atoms with van der Waals surface area (Å²) in [6.45, 7) is 0. The van der Waals surface area contributed by atoms with E-state index in [1.54, 1.807) is 23.2 Å². The Morgan fingerprint density at radius 1 is 0.903 bits per heavy atom. The first-order chi connectivity index (χ1) is 15.2. The smallest absolute Gasteiger partial charge is 0.281 e. The zero-order chi connectivity index (χ0) is 21.2. The third-order valence-electron chi connectivity index (χ3n) is 4.89. The van der Waals surface area contributed by atoms with Gasteiger partial charge in [-0.3, -0.25) is 14.7 Å². The molecular formula is C24H17N5OS. The number of rotatable bonds is 4. The standard InChI is InChI=1S/C24H17N5OS/c30-23-21(26-24(31)29(23)20-11-5-2-6-12-20)14-18-16-28(19-9-3-1-4-10-19)27-22(18)17-8-7-13-25-15-17/h1-16H,(H,26,31)/b21-14+. The zero-order valence-corrected chi connectivity index (χ0v) is 17.2. The van der Waals surface area contributed by atoms with E-state index in [9.17, 15) is 4.79 Å². The highest BCUT2D eigenvalue weighted by atomic mass is 32.1. The van der Waals surface area contributed by atoms with Gasteiger partial charge in [-0.25, -0.2) is 4.68 Å². The monoisotopic (exact) mass is 423 g/mol. The van der Waals surface area contributed by atoms with Gasteiger partial charge in [-0.05, 0) is 54.7 Å². The van der Waals surface area contributed by atoms with Crippen LogP contribution in [0.4, 0.5) is 5.69 Å². The quantitative estimate of drug-likeness (QED) is 0.394. The number of hydrogen-bond donors (Lipinski definition) is 1. The Kier molecular flexibility index (Phi) is 4.86. The van der Waals surface area contributed by atoms with Crippen LogP contribution in [-0.4, -0.2) is 25.8 Å². The van der Waals surface area contributed by atoms with Gasteiger partial charge in [0, 0.05) is 29.7 Å². The minimum Gasteiger partial charge on any atom is -0.327 e. The SMILES string of the molecule is O=C1/C(=C\c2cn(-c3ccccc3)nc2-c2cccnc2)NC(=S)N1c1ccccc1. The molecule has 31 heavy (non-hydrogen) atoms. The summed E-state index contributed by atoms with van der Waals surface area (Å²) in [6, 6.07) is 23.0. The fraction of sp³-hybridized carbons (Fsp3) is 0. The third kappa shape index (κ3) is 3.62. The van der Waals surface area contributed by atoms with E-state index in [1.165, 1.54) is 4.90 Å². The Balaban J connectivity index is 1.58. The lowest BCUT2D eigenvalue weighted by Gasteiger charge is -2.13. The van der Waals surface area contributed by atoms with Gasteiger partial charge in [-0.15, -0.1) is 0 Å². The molecule has 0 bridgehead atoms. The lowest BCUT2D eigenvalue weighted by molar-refractivity contribution is -0.113. The summed E-state index contributed by atoms with van der Waals surface area (Å²) < 4.78 is 1.79. The van der Waals surface area contributed by atoms with E-state index in [2.05, 4.69) is 10.3 Å². The second-order valence-corrected chi connectivity index (χ2v) is 7.31. The van der Waals surface area contributed by atoms with Crippen LogP contribution in [0.5, 0.6) is 0 Å². The van der Waals surface area contributed by atoms with Crippen molar-refractivity contribution in [1.29, 1.82) is 0 Å². The molecule has 150 valence electrons. The van der Waals surface area contributed by atoms with Gasteiger partial charge in [0.15, 0.2) is 5.11 Å². The van der Waals surface area contributed by atoms with Crippen LogP contribution >= 0.6 is 12.2 Å². The summed E-state index contributed by atoms with van der Waals surface area (Å²) in [4.78, 5) is 18.8. The van der Waals surface area contributed by atoms with E-state index in [4.69, 9.17) is 17.3 Å². The van der Waals surface area contributed by atoms with Crippen LogP contribution in [0.25, 0.3) is 23.0 Å². The Morgan fingerprint density at radius 3 is 2.29 bits per heavy atom. The van der Waals surface area contributed by atoms with Gasteiger partial charge >= 0.3 is 0 Å². The number of pyridine rings is 1. The molecule has 3 heterocycles. The molecule has 0 saturated carbocycles. The van der Waals surface area contributed by atoms with Crippen molar-refractivity contribution in [2.24, 2.45) is 0 Å². The number of aromatic nitrogens is 3.